The van der Waals surface area contributed by atoms with Gasteiger partial charge in [-0.2, -0.15) is 0 Å². The molecular weight excluding hydrogens is 516 g/mol. The highest BCUT2D eigenvalue weighted by molar-refractivity contribution is 6.35. The van der Waals surface area contributed by atoms with Gasteiger partial charge in [0.2, 0.25) is 0 Å². The maximum atomic E-state index is 13.1. The Bertz CT molecular complexity index is 1410. The maximum absolute atomic E-state index is 13.1. The maximum Gasteiger partial charge on any atom is 0.409 e. The number of amides is 2. The van der Waals surface area contributed by atoms with E-state index in [0.29, 0.717) is 31.9 Å². The normalized spacial score (nSPS) is 16.3. The van der Waals surface area contributed by atoms with Gasteiger partial charge < -0.3 is 29.9 Å². The summed E-state index contributed by atoms with van der Waals surface area (Å²) >= 11 is 0. The zero-order valence-corrected chi connectivity index (χ0v) is 24.5. The van der Waals surface area contributed by atoms with Crippen molar-refractivity contribution in [1.29, 1.82) is 0 Å². The number of aryl methyl sites for hydroxylation is 1. The Hall–Kier alpha value is -4.04. The highest BCUT2D eigenvalue weighted by Crippen LogP contribution is 2.42. The third-order valence-electron chi connectivity index (χ3n) is 7.72. The van der Waals surface area contributed by atoms with Crippen molar-refractivity contribution >= 4 is 35.0 Å². The van der Waals surface area contributed by atoms with Crippen molar-refractivity contribution in [2.24, 2.45) is 0 Å². The lowest BCUT2D eigenvalue weighted by Gasteiger charge is -2.32. The second-order valence-corrected chi connectivity index (χ2v) is 11.0. The number of likely N-dealkylation sites (tertiary alicyclic amines) is 1. The van der Waals surface area contributed by atoms with Crippen LogP contribution in [0.5, 0.6) is 5.75 Å². The second-order valence-electron chi connectivity index (χ2n) is 11.0. The summed E-state index contributed by atoms with van der Waals surface area (Å²) in [6.45, 7) is 7.24. The Morgan fingerprint density at radius 1 is 1.12 bits per heavy atom. The van der Waals surface area contributed by atoms with Crippen molar-refractivity contribution < 1.29 is 19.1 Å². The zero-order valence-electron chi connectivity index (χ0n) is 24.5. The van der Waals surface area contributed by atoms with E-state index in [-0.39, 0.29) is 18.0 Å². The van der Waals surface area contributed by atoms with E-state index in [1.807, 2.05) is 49.4 Å². The van der Waals surface area contributed by atoms with Crippen molar-refractivity contribution in [2.45, 2.75) is 39.2 Å². The van der Waals surface area contributed by atoms with Gasteiger partial charge in [0.05, 0.1) is 13.2 Å². The minimum absolute atomic E-state index is 0.104. The van der Waals surface area contributed by atoms with Crippen LogP contribution in [0.15, 0.2) is 48.5 Å². The van der Waals surface area contributed by atoms with Crippen molar-refractivity contribution in [3.05, 3.63) is 65.2 Å². The Kier molecular flexibility index (Phi) is 8.78. The predicted molar refractivity (Wildman–Crippen MR) is 165 cm³/mol. The van der Waals surface area contributed by atoms with Gasteiger partial charge in [-0.15, -0.1) is 0 Å². The standard InChI is InChI=1S/C33H40N4O4/c1-5-40-33(39)37-16-13-24(14-17-37)34-25-11-12-29-27(21-25)28(32(38)35-29)20-23-19-22(2)31-26(23)9-6-7-10-30(31)41-18-8-15-36(3)4/h6-7,9-12,19-21,24,34H,5,8,13-18H2,1-4H3,(H,35,38)/b28-20-. The topological polar surface area (TPSA) is 83.1 Å². The number of nitrogens with one attached hydrogen (secondary N) is 2. The van der Waals surface area contributed by atoms with Gasteiger partial charge in [-0.25, -0.2) is 4.79 Å². The molecule has 0 bridgehead atoms. The van der Waals surface area contributed by atoms with Gasteiger partial charge in [-0.3, -0.25) is 4.79 Å². The van der Waals surface area contributed by atoms with E-state index in [4.69, 9.17) is 9.47 Å². The number of nitrogens with zero attached hydrogens (tertiary/aromatic N) is 2. The average Bonchev–Trinajstić information content (AvgIpc) is 3.32. The Morgan fingerprint density at radius 3 is 2.66 bits per heavy atom. The number of benzene rings is 1. The van der Waals surface area contributed by atoms with Crippen molar-refractivity contribution in [3.63, 3.8) is 0 Å². The Balaban J connectivity index is 1.34. The fourth-order valence-electron chi connectivity index (χ4n) is 5.66. The zero-order chi connectivity index (χ0) is 28.9. The lowest BCUT2D eigenvalue weighted by Crippen LogP contribution is -2.42. The molecule has 4 aliphatic rings. The summed E-state index contributed by atoms with van der Waals surface area (Å²) in [6.07, 6.45) is 4.38. The van der Waals surface area contributed by atoms with E-state index >= 15 is 0 Å². The molecule has 2 N–H and O–H groups in total. The van der Waals surface area contributed by atoms with Crippen LogP contribution in [-0.4, -0.2) is 74.8 Å². The number of carbonyl (C=O) groups is 2. The summed E-state index contributed by atoms with van der Waals surface area (Å²) in [7, 11) is 4.13. The molecule has 0 aromatic heterocycles. The van der Waals surface area contributed by atoms with E-state index in [9.17, 15) is 9.59 Å². The number of piperidine rings is 1. The van der Waals surface area contributed by atoms with Crippen molar-refractivity contribution in [1.82, 2.24) is 9.80 Å². The van der Waals surface area contributed by atoms with Gasteiger partial charge >= 0.3 is 6.09 Å². The molecule has 2 aliphatic carbocycles. The summed E-state index contributed by atoms with van der Waals surface area (Å²) in [5.74, 6) is 0.759. The minimum atomic E-state index is -0.241. The largest absolute Gasteiger partial charge is 0.493 e. The molecule has 1 aromatic rings. The van der Waals surface area contributed by atoms with Crippen LogP contribution < -0.4 is 15.4 Å². The van der Waals surface area contributed by atoms with Gasteiger partial charge in [-0.05, 0) is 94.2 Å². The van der Waals surface area contributed by atoms with Crippen LogP contribution >= 0.6 is 0 Å². The van der Waals surface area contributed by atoms with Crippen LogP contribution in [0, 0.1) is 6.92 Å². The first-order valence-electron chi connectivity index (χ1n) is 14.5. The van der Waals surface area contributed by atoms with E-state index in [1.54, 1.807) is 4.90 Å². The van der Waals surface area contributed by atoms with Crippen LogP contribution in [0.3, 0.4) is 0 Å². The monoisotopic (exact) mass is 556 g/mol. The molecule has 1 fully saturated rings. The molecule has 1 saturated heterocycles. The number of hydrogen-bond donors (Lipinski definition) is 2. The van der Waals surface area contributed by atoms with Crippen LogP contribution in [0.4, 0.5) is 16.2 Å². The summed E-state index contributed by atoms with van der Waals surface area (Å²) in [6, 6.07) is 16.5. The third-order valence-corrected chi connectivity index (χ3v) is 7.72. The molecule has 2 heterocycles. The second kappa shape index (κ2) is 12.6. The van der Waals surface area contributed by atoms with E-state index in [2.05, 4.69) is 48.7 Å². The Labute approximate surface area is 242 Å². The number of anilines is 2. The fraction of sp³-hybridized carbons (Fsp3) is 0.394. The van der Waals surface area contributed by atoms with Gasteiger partial charge in [-0.1, -0.05) is 24.3 Å². The fourth-order valence-corrected chi connectivity index (χ4v) is 5.66. The molecule has 216 valence electrons. The van der Waals surface area contributed by atoms with Gasteiger partial charge in [0.15, 0.2) is 0 Å². The molecule has 1 aromatic carbocycles. The average molecular weight is 557 g/mol. The van der Waals surface area contributed by atoms with Crippen LogP contribution in [0.1, 0.15) is 42.9 Å². The van der Waals surface area contributed by atoms with E-state index in [0.717, 1.165) is 70.7 Å². The lowest BCUT2D eigenvalue weighted by atomic mass is 10.0. The molecule has 0 unspecified atom stereocenters. The molecule has 0 saturated carbocycles. The van der Waals surface area contributed by atoms with Crippen LogP contribution in [0.2, 0.25) is 0 Å². The summed E-state index contributed by atoms with van der Waals surface area (Å²) in [4.78, 5) is 29.1. The number of carbonyl (C=O) groups excluding carboxylic acids is 2. The minimum Gasteiger partial charge on any atom is -0.493 e. The number of ether oxygens (including phenoxy) is 2. The first-order chi connectivity index (χ1) is 19.8. The molecule has 8 heteroatoms. The van der Waals surface area contributed by atoms with E-state index < -0.39 is 0 Å². The molecule has 41 heavy (non-hydrogen) atoms. The SMILES string of the molecule is CCOC(=O)N1CCC(Nc2ccc3c(c2)/C(=C/c2cc(C)c4c(OCCCN(C)C)ccccc2-4)C(=O)N3)CC1. The molecule has 0 spiro atoms. The molecule has 5 rings (SSSR count). The Morgan fingerprint density at radius 2 is 1.90 bits per heavy atom. The molecular formula is C33H40N4O4. The highest BCUT2D eigenvalue weighted by Gasteiger charge is 2.27. The van der Waals surface area contributed by atoms with Crippen LogP contribution in [-0.2, 0) is 9.53 Å². The number of rotatable bonds is 9. The first kappa shape index (κ1) is 28.5. The number of fused-ring (bicyclic) bond motifs is 2. The summed E-state index contributed by atoms with van der Waals surface area (Å²) in [5.41, 5.74) is 7.56. The predicted octanol–water partition coefficient (Wildman–Crippen LogP) is 5.96. The molecule has 2 amide bonds. The number of hydrogen-bond acceptors (Lipinski definition) is 6. The first-order valence-corrected chi connectivity index (χ1v) is 14.5. The van der Waals surface area contributed by atoms with E-state index in [1.165, 1.54) is 0 Å². The van der Waals surface area contributed by atoms with Gasteiger partial charge in [0.1, 0.15) is 5.75 Å². The lowest BCUT2D eigenvalue weighted by molar-refractivity contribution is -0.110. The molecule has 0 radical (unpaired) electrons. The summed E-state index contributed by atoms with van der Waals surface area (Å²) < 4.78 is 11.4. The third kappa shape index (κ3) is 6.49. The van der Waals surface area contributed by atoms with Gasteiger partial charge in [0, 0.05) is 53.8 Å². The summed E-state index contributed by atoms with van der Waals surface area (Å²) in [5, 5.41) is 6.64. The molecule has 2 aliphatic heterocycles. The molecule has 0 atom stereocenters. The quantitative estimate of drug-likeness (QED) is 0.250. The van der Waals surface area contributed by atoms with Crippen LogP contribution in [0.25, 0.3) is 22.8 Å². The smallest absolute Gasteiger partial charge is 0.409 e. The van der Waals surface area contributed by atoms with Crippen molar-refractivity contribution in [2.75, 3.05) is 57.6 Å². The van der Waals surface area contributed by atoms with Gasteiger partial charge in [0.25, 0.3) is 5.91 Å². The van der Waals surface area contributed by atoms with Crippen molar-refractivity contribution in [3.8, 4) is 16.9 Å². The molecule has 8 nitrogen and oxygen atoms in total. The highest BCUT2D eigenvalue weighted by atomic mass is 16.6.